The number of hydrogen-bond donors (Lipinski definition) is 1. The van der Waals surface area contributed by atoms with Gasteiger partial charge in [-0.2, -0.15) is 0 Å². The lowest BCUT2D eigenvalue weighted by atomic mass is 9.84. The summed E-state index contributed by atoms with van der Waals surface area (Å²) in [5, 5.41) is 3.58. The number of fused-ring (bicyclic) bond motifs is 1. The zero-order valence-corrected chi connectivity index (χ0v) is 11.7. The van der Waals surface area contributed by atoms with Gasteiger partial charge in [0.1, 0.15) is 0 Å². The van der Waals surface area contributed by atoms with Gasteiger partial charge in [-0.15, -0.1) is 0 Å². The molecule has 2 aliphatic rings. The van der Waals surface area contributed by atoms with Gasteiger partial charge in [0, 0.05) is 12.5 Å². The van der Waals surface area contributed by atoms with Crippen molar-refractivity contribution in [2.45, 2.75) is 57.5 Å². The van der Waals surface area contributed by atoms with Crippen LogP contribution in [0.4, 0.5) is 0 Å². The summed E-state index contributed by atoms with van der Waals surface area (Å²) in [4.78, 5) is 12.4. The van der Waals surface area contributed by atoms with E-state index in [2.05, 4.69) is 30.4 Å². The first-order chi connectivity index (χ1) is 9.22. The van der Waals surface area contributed by atoms with Crippen molar-refractivity contribution >= 4 is 5.78 Å². The molecule has 1 heterocycles. The third kappa shape index (κ3) is 2.89. The number of nitrogens with one attached hydrogen (secondary N) is 1. The van der Waals surface area contributed by atoms with E-state index >= 15 is 0 Å². The standard InChI is InChI=1S/C17H23NO/c1-12-5-4-6-13(9-12)10-17(19)16-11-14-7-2-3-8-15(14)18-16/h4-6,9,14-16,18H,2-3,7-8,10-11H2,1H3. The van der Waals surface area contributed by atoms with Crippen LogP contribution in [0.25, 0.3) is 0 Å². The van der Waals surface area contributed by atoms with Gasteiger partial charge in [-0.3, -0.25) is 4.79 Å². The summed E-state index contributed by atoms with van der Waals surface area (Å²) in [6.07, 6.45) is 6.90. The molecule has 1 saturated carbocycles. The molecule has 0 spiro atoms. The average molecular weight is 257 g/mol. The lowest BCUT2D eigenvalue weighted by Crippen LogP contribution is -2.37. The van der Waals surface area contributed by atoms with Crippen LogP contribution in [0.3, 0.4) is 0 Å². The van der Waals surface area contributed by atoms with E-state index in [4.69, 9.17) is 0 Å². The molecular formula is C17H23NO. The van der Waals surface area contributed by atoms with Crippen LogP contribution in [0.1, 0.15) is 43.2 Å². The van der Waals surface area contributed by atoms with Crippen LogP contribution in [-0.4, -0.2) is 17.9 Å². The third-order valence-electron chi connectivity index (χ3n) is 4.71. The quantitative estimate of drug-likeness (QED) is 0.902. The number of Topliss-reactive ketones (excluding diaryl/α,β-unsaturated/α-hetero) is 1. The van der Waals surface area contributed by atoms with Crippen LogP contribution in [0, 0.1) is 12.8 Å². The zero-order valence-electron chi connectivity index (χ0n) is 11.7. The minimum Gasteiger partial charge on any atom is -0.304 e. The topological polar surface area (TPSA) is 29.1 Å². The number of ketones is 1. The van der Waals surface area contributed by atoms with Crippen LogP contribution in [0.2, 0.25) is 0 Å². The summed E-state index contributed by atoms with van der Waals surface area (Å²) < 4.78 is 0. The van der Waals surface area contributed by atoms with E-state index in [1.54, 1.807) is 0 Å². The molecule has 102 valence electrons. The second kappa shape index (κ2) is 5.46. The fraction of sp³-hybridized carbons (Fsp3) is 0.588. The van der Waals surface area contributed by atoms with Crippen LogP contribution >= 0.6 is 0 Å². The van der Waals surface area contributed by atoms with Crippen molar-refractivity contribution < 1.29 is 4.79 Å². The molecule has 1 aromatic rings. The Morgan fingerprint density at radius 2 is 2.16 bits per heavy atom. The Bertz CT molecular complexity index is 454. The number of rotatable bonds is 3. The largest absolute Gasteiger partial charge is 0.304 e. The SMILES string of the molecule is Cc1cccc(CC(=O)C2CC3CCCCC3N2)c1. The minimum atomic E-state index is 0.105. The van der Waals surface area contributed by atoms with Crippen molar-refractivity contribution in [1.29, 1.82) is 0 Å². The molecule has 0 amide bonds. The molecule has 2 fully saturated rings. The second-order valence-electron chi connectivity index (χ2n) is 6.24. The predicted octanol–water partition coefficient (Wildman–Crippen LogP) is 3.03. The first-order valence-electron chi connectivity index (χ1n) is 7.56. The van der Waals surface area contributed by atoms with Crippen LogP contribution in [0.5, 0.6) is 0 Å². The van der Waals surface area contributed by atoms with Crippen molar-refractivity contribution in [3.8, 4) is 0 Å². The molecule has 1 N–H and O–H groups in total. The maximum absolute atomic E-state index is 12.4. The maximum atomic E-state index is 12.4. The smallest absolute Gasteiger partial charge is 0.154 e. The van der Waals surface area contributed by atoms with Crippen LogP contribution in [0.15, 0.2) is 24.3 Å². The summed E-state index contributed by atoms with van der Waals surface area (Å²) in [5.74, 6) is 1.13. The lowest BCUT2D eigenvalue weighted by Gasteiger charge is -2.24. The highest BCUT2D eigenvalue weighted by molar-refractivity contribution is 5.86. The molecular weight excluding hydrogens is 234 g/mol. The number of hydrogen-bond acceptors (Lipinski definition) is 2. The normalized spacial score (nSPS) is 30.1. The number of aryl methyl sites for hydroxylation is 1. The highest BCUT2D eigenvalue weighted by Crippen LogP contribution is 2.33. The number of carbonyl (C=O) groups excluding carboxylic acids is 1. The molecule has 3 unspecified atom stereocenters. The van der Waals surface area contributed by atoms with Crippen LogP contribution in [-0.2, 0) is 11.2 Å². The third-order valence-corrected chi connectivity index (χ3v) is 4.71. The molecule has 1 aromatic carbocycles. The first-order valence-corrected chi connectivity index (χ1v) is 7.56. The van der Waals surface area contributed by atoms with Gasteiger partial charge in [0.2, 0.25) is 0 Å². The summed E-state index contributed by atoms with van der Waals surface area (Å²) >= 11 is 0. The van der Waals surface area contributed by atoms with Gasteiger partial charge in [-0.1, -0.05) is 42.7 Å². The van der Waals surface area contributed by atoms with Gasteiger partial charge >= 0.3 is 0 Å². The average Bonchev–Trinajstić information content (AvgIpc) is 2.82. The van der Waals surface area contributed by atoms with Crippen LogP contribution < -0.4 is 5.32 Å². The summed E-state index contributed by atoms with van der Waals surface area (Å²) in [6.45, 7) is 2.08. The Morgan fingerprint density at radius 3 is 2.95 bits per heavy atom. The predicted molar refractivity (Wildman–Crippen MR) is 77.2 cm³/mol. The Morgan fingerprint density at radius 1 is 1.32 bits per heavy atom. The van der Waals surface area contributed by atoms with E-state index < -0.39 is 0 Å². The Labute approximate surface area is 115 Å². The highest BCUT2D eigenvalue weighted by atomic mass is 16.1. The van der Waals surface area contributed by atoms with Crippen molar-refractivity contribution in [2.75, 3.05) is 0 Å². The van der Waals surface area contributed by atoms with E-state index in [1.165, 1.54) is 31.2 Å². The fourth-order valence-corrected chi connectivity index (χ4v) is 3.71. The molecule has 1 aliphatic heterocycles. The van der Waals surface area contributed by atoms with Gasteiger partial charge in [-0.05, 0) is 37.7 Å². The minimum absolute atomic E-state index is 0.105. The van der Waals surface area contributed by atoms with Gasteiger partial charge in [0.15, 0.2) is 5.78 Å². The molecule has 1 saturated heterocycles. The van der Waals surface area contributed by atoms with Crippen molar-refractivity contribution in [1.82, 2.24) is 5.32 Å². The van der Waals surface area contributed by atoms with E-state index in [0.717, 1.165) is 17.9 Å². The summed E-state index contributed by atoms with van der Waals surface area (Å²) in [7, 11) is 0. The second-order valence-corrected chi connectivity index (χ2v) is 6.24. The Hall–Kier alpha value is -1.15. The molecule has 0 bridgehead atoms. The van der Waals surface area contributed by atoms with Gasteiger partial charge in [0.05, 0.1) is 6.04 Å². The van der Waals surface area contributed by atoms with E-state index in [-0.39, 0.29) is 6.04 Å². The first kappa shape index (κ1) is 12.9. The molecule has 1 aliphatic carbocycles. The molecule has 3 atom stereocenters. The monoisotopic (exact) mass is 257 g/mol. The lowest BCUT2D eigenvalue weighted by molar-refractivity contribution is -0.120. The molecule has 19 heavy (non-hydrogen) atoms. The number of benzene rings is 1. The summed E-state index contributed by atoms with van der Waals surface area (Å²) in [6, 6.07) is 9.02. The Balaban J connectivity index is 1.62. The van der Waals surface area contributed by atoms with Crippen molar-refractivity contribution in [3.05, 3.63) is 35.4 Å². The van der Waals surface area contributed by atoms with Gasteiger partial charge < -0.3 is 5.32 Å². The van der Waals surface area contributed by atoms with Gasteiger partial charge in [0.25, 0.3) is 0 Å². The highest BCUT2D eigenvalue weighted by Gasteiger charge is 2.37. The fourth-order valence-electron chi connectivity index (χ4n) is 3.71. The van der Waals surface area contributed by atoms with E-state index in [0.29, 0.717) is 18.2 Å². The Kier molecular flexibility index (Phi) is 3.69. The van der Waals surface area contributed by atoms with Crippen molar-refractivity contribution in [2.24, 2.45) is 5.92 Å². The molecule has 0 aromatic heterocycles. The maximum Gasteiger partial charge on any atom is 0.154 e. The van der Waals surface area contributed by atoms with E-state index in [9.17, 15) is 4.79 Å². The molecule has 2 heteroatoms. The van der Waals surface area contributed by atoms with Gasteiger partial charge in [-0.25, -0.2) is 0 Å². The zero-order chi connectivity index (χ0) is 13.2. The molecule has 2 nitrogen and oxygen atoms in total. The number of carbonyl (C=O) groups is 1. The summed E-state index contributed by atoms with van der Waals surface area (Å²) in [5.41, 5.74) is 2.39. The van der Waals surface area contributed by atoms with Crippen molar-refractivity contribution in [3.63, 3.8) is 0 Å². The van der Waals surface area contributed by atoms with E-state index in [1.807, 2.05) is 6.07 Å². The molecule has 0 radical (unpaired) electrons. The molecule has 3 rings (SSSR count).